The van der Waals surface area contributed by atoms with Crippen molar-refractivity contribution in [3.05, 3.63) is 29.8 Å². The Bertz CT molecular complexity index is 401. The molecule has 0 radical (unpaired) electrons. The number of para-hydroxylation sites is 1. The van der Waals surface area contributed by atoms with Crippen molar-refractivity contribution in [1.29, 1.82) is 0 Å². The van der Waals surface area contributed by atoms with E-state index >= 15 is 0 Å². The molecule has 0 unspecified atom stereocenters. The van der Waals surface area contributed by atoms with Crippen molar-refractivity contribution < 1.29 is 5.21 Å². The zero-order valence-electron chi connectivity index (χ0n) is 10.4. The fourth-order valence-corrected chi connectivity index (χ4v) is 2.38. The fraction of sp³-hybridized carbons (Fsp3) is 0.500. The lowest BCUT2D eigenvalue weighted by molar-refractivity contribution is 0.317. The van der Waals surface area contributed by atoms with E-state index in [0.29, 0.717) is 0 Å². The van der Waals surface area contributed by atoms with Crippen LogP contribution in [0.5, 0.6) is 0 Å². The average molecular weight is 232 g/mol. The second-order valence-electron chi connectivity index (χ2n) is 4.51. The summed E-state index contributed by atoms with van der Waals surface area (Å²) in [5.41, 5.74) is 3.10. The quantitative estimate of drug-likeness (QED) is 0.491. The molecule has 1 aromatic carbocycles. The van der Waals surface area contributed by atoms with Crippen molar-refractivity contribution in [2.75, 3.05) is 18.0 Å². The number of hydrogen-bond acceptors (Lipinski definition) is 3. The lowest BCUT2D eigenvalue weighted by Crippen LogP contribution is -2.33. The third-order valence-electron chi connectivity index (χ3n) is 3.33. The fourth-order valence-electron chi connectivity index (χ4n) is 2.38. The highest BCUT2D eigenvalue weighted by molar-refractivity contribution is 6.06. The van der Waals surface area contributed by atoms with Crippen LogP contribution >= 0.6 is 0 Å². The normalized spacial score (nSPS) is 17.2. The van der Waals surface area contributed by atoms with Gasteiger partial charge in [-0.25, -0.2) is 0 Å². The molecule has 1 aliphatic rings. The zero-order chi connectivity index (χ0) is 12.1. The summed E-state index contributed by atoms with van der Waals surface area (Å²) in [6.45, 7) is 4.28. The van der Waals surface area contributed by atoms with Gasteiger partial charge >= 0.3 is 0 Å². The minimum Gasteiger partial charge on any atom is -0.411 e. The van der Waals surface area contributed by atoms with Crippen molar-refractivity contribution in [3.63, 3.8) is 0 Å². The summed E-state index contributed by atoms with van der Waals surface area (Å²) in [5.74, 6) is 0. The maximum Gasteiger partial charge on any atom is 0.0906 e. The molecular weight excluding hydrogens is 212 g/mol. The molecule has 0 aromatic heterocycles. The third kappa shape index (κ3) is 2.60. The van der Waals surface area contributed by atoms with E-state index in [2.05, 4.69) is 23.0 Å². The van der Waals surface area contributed by atoms with Crippen LogP contribution in [0.2, 0.25) is 0 Å². The summed E-state index contributed by atoms with van der Waals surface area (Å²) in [4.78, 5) is 2.40. The first kappa shape index (κ1) is 12.0. The number of rotatable bonds is 4. The van der Waals surface area contributed by atoms with Gasteiger partial charge < -0.3 is 10.1 Å². The van der Waals surface area contributed by atoms with Gasteiger partial charge in [0.25, 0.3) is 0 Å². The van der Waals surface area contributed by atoms with E-state index in [-0.39, 0.29) is 0 Å². The standard InChI is InChI=1S/C14H20N2O/c1-2-3-6-10-16-11-9-13(15-17)12-7-4-5-8-14(12)16/h4-5,7-8,17H,2-3,6,9-11H2,1H3. The van der Waals surface area contributed by atoms with Crippen LogP contribution in [-0.2, 0) is 0 Å². The first-order valence-electron chi connectivity index (χ1n) is 6.42. The summed E-state index contributed by atoms with van der Waals surface area (Å²) in [7, 11) is 0. The smallest absolute Gasteiger partial charge is 0.0906 e. The predicted molar refractivity (Wildman–Crippen MR) is 71.1 cm³/mol. The Hall–Kier alpha value is -1.51. The molecule has 0 saturated heterocycles. The Morgan fingerprint density at radius 3 is 2.88 bits per heavy atom. The van der Waals surface area contributed by atoms with E-state index in [1.807, 2.05) is 18.2 Å². The van der Waals surface area contributed by atoms with Gasteiger partial charge in [0.15, 0.2) is 0 Å². The number of unbranched alkanes of at least 4 members (excludes halogenated alkanes) is 2. The maximum absolute atomic E-state index is 9.01. The molecule has 0 spiro atoms. The molecule has 1 heterocycles. The van der Waals surface area contributed by atoms with Gasteiger partial charge in [-0.1, -0.05) is 43.1 Å². The molecule has 0 aliphatic carbocycles. The lowest BCUT2D eigenvalue weighted by atomic mass is 9.99. The van der Waals surface area contributed by atoms with Crippen LogP contribution in [0, 0.1) is 0 Å². The van der Waals surface area contributed by atoms with Crippen LogP contribution in [0.25, 0.3) is 0 Å². The number of fused-ring (bicyclic) bond motifs is 1. The average Bonchev–Trinajstić information content (AvgIpc) is 2.39. The number of hydrogen-bond donors (Lipinski definition) is 1. The van der Waals surface area contributed by atoms with Gasteiger partial charge in [0.2, 0.25) is 0 Å². The van der Waals surface area contributed by atoms with E-state index in [0.717, 1.165) is 30.8 Å². The van der Waals surface area contributed by atoms with Crippen LogP contribution in [0.1, 0.15) is 38.2 Å². The highest BCUT2D eigenvalue weighted by atomic mass is 16.4. The van der Waals surface area contributed by atoms with Crippen LogP contribution in [0.3, 0.4) is 0 Å². The van der Waals surface area contributed by atoms with Gasteiger partial charge in [0, 0.05) is 30.8 Å². The summed E-state index contributed by atoms with van der Waals surface area (Å²) < 4.78 is 0. The molecule has 0 fully saturated rings. The number of anilines is 1. The third-order valence-corrected chi connectivity index (χ3v) is 3.33. The second kappa shape index (κ2) is 5.71. The van der Waals surface area contributed by atoms with E-state index < -0.39 is 0 Å². The van der Waals surface area contributed by atoms with Gasteiger partial charge in [-0.15, -0.1) is 0 Å². The minimum absolute atomic E-state index is 0.812. The predicted octanol–water partition coefficient (Wildman–Crippen LogP) is 3.27. The molecule has 0 amide bonds. The van der Waals surface area contributed by atoms with Gasteiger partial charge in [0.05, 0.1) is 5.71 Å². The van der Waals surface area contributed by atoms with Crippen molar-refractivity contribution >= 4 is 11.4 Å². The summed E-state index contributed by atoms with van der Waals surface area (Å²) in [6, 6.07) is 8.20. The highest BCUT2D eigenvalue weighted by Crippen LogP contribution is 2.27. The molecule has 1 aliphatic heterocycles. The Kier molecular flexibility index (Phi) is 4.02. The van der Waals surface area contributed by atoms with E-state index in [4.69, 9.17) is 5.21 Å². The van der Waals surface area contributed by atoms with Gasteiger partial charge in [0.1, 0.15) is 0 Å². The molecule has 1 N–H and O–H groups in total. The first-order valence-corrected chi connectivity index (χ1v) is 6.42. The molecule has 3 heteroatoms. The number of nitrogens with zero attached hydrogens (tertiary/aromatic N) is 2. The molecule has 3 nitrogen and oxygen atoms in total. The van der Waals surface area contributed by atoms with Gasteiger partial charge in [-0.3, -0.25) is 0 Å². The van der Waals surface area contributed by atoms with Crippen LogP contribution in [-0.4, -0.2) is 24.0 Å². The van der Waals surface area contributed by atoms with E-state index in [9.17, 15) is 0 Å². The van der Waals surface area contributed by atoms with E-state index in [1.54, 1.807) is 0 Å². The second-order valence-corrected chi connectivity index (χ2v) is 4.51. The van der Waals surface area contributed by atoms with Crippen LogP contribution in [0.4, 0.5) is 5.69 Å². The Balaban J connectivity index is 2.16. The van der Waals surface area contributed by atoms with Crippen molar-refractivity contribution in [2.45, 2.75) is 32.6 Å². The highest BCUT2D eigenvalue weighted by Gasteiger charge is 2.20. The number of benzene rings is 1. The van der Waals surface area contributed by atoms with Crippen LogP contribution in [0.15, 0.2) is 29.4 Å². The SMILES string of the molecule is CCCCCN1CCC(=NO)c2ccccc21. The Morgan fingerprint density at radius 2 is 2.12 bits per heavy atom. The van der Waals surface area contributed by atoms with E-state index in [1.165, 1.54) is 24.9 Å². The minimum atomic E-state index is 0.812. The van der Waals surface area contributed by atoms with Gasteiger partial charge in [-0.2, -0.15) is 0 Å². The molecule has 92 valence electrons. The molecule has 1 aromatic rings. The summed E-state index contributed by atoms with van der Waals surface area (Å²) >= 11 is 0. The first-order chi connectivity index (χ1) is 8.36. The number of oxime groups is 1. The molecule has 17 heavy (non-hydrogen) atoms. The summed E-state index contributed by atoms with van der Waals surface area (Å²) in [5, 5.41) is 12.4. The van der Waals surface area contributed by atoms with Crippen molar-refractivity contribution in [1.82, 2.24) is 0 Å². The summed E-state index contributed by atoms with van der Waals surface area (Å²) in [6.07, 6.45) is 4.59. The molecule has 0 atom stereocenters. The topological polar surface area (TPSA) is 35.8 Å². The molecule has 0 saturated carbocycles. The zero-order valence-corrected chi connectivity index (χ0v) is 10.4. The maximum atomic E-state index is 9.01. The van der Waals surface area contributed by atoms with Crippen molar-refractivity contribution in [2.24, 2.45) is 5.16 Å². The van der Waals surface area contributed by atoms with Gasteiger partial charge in [-0.05, 0) is 12.5 Å². The monoisotopic (exact) mass is 232 g/mol. The molecule has 2 rings (SSSR count). The Morgan fingerprint density at radius 1 is 1.29 bits per heavy atom. The lowest BCUT2D eigenvalue weighted by Gasteiger charge is -2.31. The van der Waals surface area contributed by atoms with Crippen LogP contribution < -0.4 is 4.90 Å². The largest absolute Gasteiger partial charge is 0.411 e. The Labute approximate surface area is 103 Å². The molecular formula is C14H20N2O. The molecule has 0 bridgehead atoms. The van der Waals surface area contributed by atoms with Crippen molar-refractivity contribution in [3.8, 4) is 0 Å².